The summed E-state index contributed by atoms with van der Waals surface area (Å²) in [5, 5.41) is 37.8. The number of nitrogens with one attached hydrogen (secondary N) is 1. The molecule has 0 spiro atoms. The smallest absolute Gasteiger partial charge is 0.439 e. The minimum absolute atomic E-state index is 0.0725. The summed E-state index contributed by atoms with van der Waals surface area (Å²) in [6, 6.07) is 5.14. The maximum atomic E-state index is 13.9. The van der Waals surface area contributed by atoms with Gasteiger partial charge in [0.25, 0.3) is 0 Å². The van der Waals surface area contributed by atoms with Gasteiger partial charge in [0, 0.05) is 31.3 Å². The molecule has 1 saturated heterocycles. The van der Waals surface area contributed by atoms with E-state index in [9.17, 15) is 34.5 Å². The molecular formula is C31H51N4O9S+. The standard InChI is InChI=1S/C21H31N3O6S.C10H19NO3/c1-15(2)24(22-17(14-31-3)19(25)26,21(29)23-9-11-30-12-10-23)18(20(27)28)13-16-7-5-4-6-8-16;11-8(9(12)10(13)14)6-7-4-2-1-3-5-7/h4-8,15,17-18,22H,9-14H2,1-3H3,(H-,25,26,27,28);7-9,12H,1-6,11H2,(H,13,14)/p+1/t17-,18-,24?;/m0./s1. The molecule has 7 N–H and O–H groups in total. The average Bonchev–Trinajstić information content (AvgIpc) is 3.02. The van der Waals surface area contributed by atoms with Gasteiger partial charge in [0.15, 0.2) is 12.1 Å². The zero-order chi connectivity index (χ0) is 33.6. The van der Waals surface area contributed by atoms with Crippen LogP contribution >= 0.6 is 11.8 Å². The average molecular weight is 656 g/mol. The fourth-order valence-corrected chi connectivity index (χ4v) is 6.50. The molecule has 0 bridgehead atoms. The van der Waals surface area contributed by atoms with Gasteiger partial charge in [-0.15, -0.1) is 10.0 Å². The number of nitrogens with zero attached hydrogens (tertiary/aromatic N) is 2. The molecule has 45 heavy (non-hydrogen) atoms. The van der Waals surface area contributed by atoms with Crippen molar-refractivity contribution in [2.75, 3.05) is 38.3 Å². The Morgan fingerprint density at radius 2 is 1.60 bits per heavy atom. The van der Waals surface area contributed by atoms with E-state index in [4.69, 9.17) is 15.6 Å². The van der Waals surface area contributed by atoms with E-state index in [2.05, 4.69) is 5.43 Å². The van der Waals surface area contributed by atoms with Crippen LogP contribution in [0.4, 0.5) is 4.79 Å². The quantitative estimate of drug-likeness (QED) is 0.127. The van der Waals surface area contributed by atoms with Crippen LogP contribution in [0, 0.1) is 5.92 Å². The van der Waals surface area contributed by atoms with Crippen LogP contribution in [0.1, 0.15) is 57.9 Å². The maximum Gasteiger partial charge on any atom is 0.439 e. The van der Waals surface area contributed by atoms with E-state index in [-0.39, 0.29) is 12.2 Å². The van der Waals surface area contributed by atoms with Gasteiger partial charge in [0.2, 0.25) is 6.04 Å². The summed E-state index contributed by atoms with van der Waals surface area (Å²) in [4.78, 5) is 50.4. The molecule has 1 heterocycles. The molecule has 13 nitrogen and oxygen atoms in total. The number of amides is 2. The number of benzene rings is 1. The Morgan fingerprint density at radius 1 is 1.00 bits per heavy atom. The van der Waals surface area contributed by atoms with Gasteiger partial charge in [-0.25, -0.2) is 14.4 Å². The molecule has 3 unspecified atom stereocenters. The van der Waals surface area contributed by atoms with Crippen LogP contribution in [0.2, 0.25) is 0 Å². The number of quaternary nitrogens is 1. The lowest BCUT2D eigenvalue weighted by Crippen LogP contribution is -2.78. The van der Waals surface area contributed by atoms with E-state index in [0.717, 1.165) is 18.4 Å². The number of rotatable bonds is 14. The summed E-state index contributed by atoms with van der Waals surface area (Å²) >= 11 is 1.32. The molecule has 1 aromatic carbocycles. The Bertz CT molecular complexity index is 1080. The summed E-state index contributed by atoms with van der Waals surface area (Å²) in [5.74, 6) is -2.81. The Labute approximate surface area is 269 Å². The number of carboxylic acids is 3. The van der Waals surface area contributed by atoms with Gasteiger partial charge in [-0.1, -0.05) is 62.4 Å². The highest BCUT2D eigenvalue weighted by Crippen LogP contribution is 2.28. The monoisotopic (exact) mass is 655 g/mol. The highest BCUT2D eigenvalue weighted by molar-refractivity contribution is 7.98. The van der Waals surface area contributed by atoms with Gasteiger partial charge in [-0.3, -0.25) is 9.69 Å². The van der Waals surface area contributed by atoms with E-state index in [0.29, 0.717) is 38.6 Å². The van der Waals surface area contributed by atoms with Crippen molar-refractivity contribution in [1.82, 2.24) is 10.3 Å². The van der Waals surface area contributed by atoms with Crippen molar-refractivity contribution in [2.45, 2.75) is 89.1 Å². The first kappa shape index (κ1) is 38.4. The number of carboxylic acid groups (broad SMARTS) is 3. The number of carbonyl (C=O) groups is 4. The minimum Gasteiger partial charge on any atom is -0.480 e. The first-order valence-electron chi connectivity index (χ1n) is 15.5. The molecule has 0 aromatic heterocycles. The van der Waals surface area contributed by atoms with Gasteiger partial charge in [-0.05, 0) is 38.0 Å². The lowest BCUT2D eigenvalue weighted by molar-refractivity contribution is -0.934. The van der Waals surface area contributed by atoms with Crippen LogP contribution in [-0.2, 0) is 25.5 Å². The predicted molar refractivity (Wildman–Crippen MR) is 171 cm³/mol. The van der Waals surface area contributed by atoms with Gasteiger partial charge in [0.1, 0.15) is 6.04 Å². The summed E-state index contributed by atoms with van der Waals surface area (Å²) in [7, 11) is 0. The minimum atomic E-state index is -1.41. The van der Waals surface area contributed by atoms with Crippen molar-refractivity contribution < 1.29 is 48.9 Å². The number of aliphatic hydroxyl groups is 1. The molecule has 3 rings (SSSR count). The second-order valence-corrected chi connectivity index (χ2v) is 12.9. The number of nitrogens with two attached hydrogens (primary N) is 1. The highest BCUT2D eigenvalue weighted by atomic mass is 32.2. The summed E-state index contributed by atoms with van der Waals surface area (Å²) in [6.45, 7) is 4.84. The topological polar surface area (TPSA) is 200 Å². The normalized spacial score (nSPS) is 19.7. The molecule has 14 heteroatoms. The lowest BCUT2D eigenvalue weighted by atomic mass is 9.84. The number of hydrogen-bond acceptors (Lipinski definition) is 9. The van der Waals surface area contributed by atoms with Crippen LogP contribution in [0.15, 0.2) is 30.3 Å². The van der Waals surface area contributed by atoms with Crippen LogP contribution < -0.4 is 11.2 Å². The van der Waals surface area contributed by atoms with Crippen molar-refractivity contribution in [1.29, 1.82) is 0 Å². The molecule has 0 radical (unpaired) electrons. The zero-order valence-electron chi connectivity index (χ0n) is 26.5. The third-order valence-corrected chi connectivity index (χ3v) is 9.12. The van der Waals surface area contributed by atoms with Crippen molar-refractivity contribution in [3.63, 3.8) is 0 Å². The number of aliphatic carboxylic acids is 3. The second-order valence-electron chi connectivity index (χ2n) is 12.0. The fraction of sp³-hybridized carbons (Fsp3) is 0.677. The molecule has 1 aliphatic carbocycles. The molecule has 2 aliphatic rings. The van der Waals surface area contributed by atoms with E-state index in [1.54, 1.807) is 37.1 Å². The van der Waals surface area contributed by atoms with Gasteiger partial charge < -0.3 is 30.9 Å². The van der Waals surface area contributed by atoms with Crippen LogP contribution in [0.25, 0.3) is 0 Å². The third kappa shape index (κ3) is 11.2. The number of carbonyl (C=O) groups excluding carboxylic acids is 1. The van der Waals surface area contributed by atoms with Crippen molar-refractivity contribution in [3.8, 4) is 0 Å². The summed E-state index contributed by atoms with van der Waals surface area (Å²) < 4.78 is 4.66. The Balaban J connectivity index is 0.000000420. The van der Waals surface area contributed by atoms with E-state index < -0.39 is 58.8 Å². The van der Waals surface area contributed by atoms with E-state index in [1.165, 1.54) is 31.0 Å². The summed E-state index contributed by atoms with van der Waals surface area (Å²) in [5.41, 5.74) is 9.34. The van der Waals surface area contributed by atoms with Crippen molar-refractivity contribution >= 4 is 35.7 Å². The number of aliphatic hydroxyl groups excluding tert-OH is 1. The van der Waals surface area contributed by atoms with Crippen LogP contribution in [0.5, 0.6) is 0 Å². The molecular weight excluding hydrogens is 604 g/mol. The SMILES string of the molecule is CSC[C@H](N[N+](C(=O)N1CCOCC1)(C(C)C)[C@@H](Cc1ccccc1)C(=O)O)C(=O)O.NC(CC1CCCCC1)C(O)C(=O)O. The summed E-state index contributed by atoms with van der Waals surface area (Å²) in [6.07, 6.45) is 7.01. The molecule has 2 fully saturated rings. The second kappa shape index (κ2) is 19.0. The largest absolute Gasteiger partial charge is 0.480 e. The van der Waals surface area contributed by atoms with Crippen LogP contribution in [-0.4, -0.2) is 122 Å². The number of hydrogen-bond donors (Lipinski definition) is 6. The zero-order valence-corrected chi connectivity index (χ0v) is 27.4. The Hall–Kier alpha value is -2.75. The molecule has 5 atom stereocenters. The van der Waals surface area contributed by atoms with Gasteiger partial charge in [0.05, 0.1) is 13.2 Å². The van der Waals surface area contributed by atoms with E-state index >= 15 is 0 Å². The maximum absolute atomic E-state index is 13.9. The molecule has 2 amide bonds. The first-order valence-corrected chi connectivity index (χ1v) is 16.9. The molecule has 254 valence electrons. The Morgan fingerprint density at radius 3 is 2.09 bits per heavy atom. The molecule has 1 aliphatic heterocycles. The molecule has 1 aromatic rings. The van der Waals surface area contributed by atoms with Crippen LogP contribution in [0.3, 0.4) is 0 Å². The first-order chi connectivity index (χ1) is 21.3. The predicted octanol–water partition coefficient (Wildman–Crippen LogP) is 2.41. The van der Waals surface area contributed by atoms with E-state index in [1.807, 2.05) is 18.2 Å². The lowest BCUT2D eigenvalue weighted by Gasteiger charge is -2.46. The number of urea groups is 1. The van der Waals surface area contributed by atoms with Crippen molar-refractivity contribution in [2.24, 2.45) is 11.7 Å². The number of morpholine rings is 1. The van der Waals surface area contributed by atoms with Gasteiger partial charge in [-0.2, -0.15) is 11.8 Å². The van der Waals surface area contributed by atoms with Gasteiger partial charge >= 0.3 is 23.9 Å². The van der Waals surface area contributed by atoms with Crippen molar-refractivity contribution in [3.05, 3.63) is 35.9 Å². The number of thioether (sulfide) groups is 1. The Kier molecular flexibility index (Phi) is 16.3. The highest BCUT2D eigenvalue weighted by Gasteiger charge is 2.55. The number of ether oxygens (including phenoxy) is 1. The molecule has 1 saturated carbocycles. The third-order valence-electron chi connectivity index (χ3n) is 8.45. The fourth-order valence-electron chi connectivity index (χ4n) is 5.95.